The quantitative estimate of drug-likeness (QED) is 0.833. The lowest BCUT2D eigenvalue weighted by atomic mass is 10.1. The molecular formula is C17H17NO2S. The molecule has 4 heteroatoms. The van der Waals surface area contributed by atoms with Crippen molar-refractivity contribution in [2.45, 2.75) is 19.4 Å². The maximum atomic E-state index is 11.8. The number of carbonyl (C=O) groups is 1. The summed E-state index contributed by atoms with van der Waals surface area (Å²) in [6, 6.07) is 11.7. The van der Waals surface area contributed by atoms with Gasteiger partial charge in [-0.1, -0.05) is 30.0 Å². The second-order valence-electron chi connectivity index (χ2n) is 4.51. The first kappa shape index (κ1) is 15.3. The van der Waals surface area contributed by atoms with Crippen molar-refractivity contribution in [2.75, 3.05) is 6.61 Å². The summed E-state index contributed by atoms with van der Waals surface area (Å²) in [6.07, 6.45) is 0.898. The Bertz CT molecular complexity index is 638. The lowest BCUT2D eigenvalue weighted by Crippen LogP contribution is -2.24. The van der Waals surface area contributed by atoms with Crippen LogP contribution in [0.3, 0.4) is 0 Å². The number of thiophene rings is 1. The van der Waals surface area contributed by atoms with Crippen molar-refractivity contribution in [3.05, 3.63) is 57.8 Å². The van der Waals surface area contributed by atoms with Crippen LogP contribution in [0.4, 0.5) is 0 Å². The van der Waals surface area contributed by atoms with Crippen molar-refractivity contribution >= 4 is 17.2 Å². The third-order valence-electron chi connectivity index (χ3n) is 2.80. The molecule has 0 saturated heterocycles. The van der Waals surface area contributed by atoms with Crippen LogP contribution in [0.2, 0.25) is 0 Å². The van der Waals surface area contributed by atoms with E-state index in [1.165, 1.54) is 0 Å². The molecule has 108 valence electrons. The average Bonchev–Trinajstić information content (AvgIpc) is 2.99. The molecule has 2 aromatic rings. The molecule has 2 rings (SSSR count). The number of nitrogens with one attached hydrogen (secondary N) is 1. The van der Waals surface area contributed by atoms with Crippen molar-refractivity contribution < 1.29 is 9.90 Å². The fourth-order valence-electron chi connectivity index (χ4n) is 1.81. The van der Waals surface area contributed by atoms with Gasteiger partial charge in [-0.2, -0.15) is 0 Å². The van der Waals surface area contributed by atoms with Crippen LogP contribution >= 0.6 is 11.3 Å². The van der Waals surface area contributed by atoms with E-state index in [4.69, 9.17) is 5.11 Å². The number of amides is 1. The summed E-state index contributed by atoms with van der Waals surface area (Å²) in [4.78, 5) is 12.9. The zero-order valence-electron chi connectivity index (χ0n) is 11.6. The third kappa shape index (κ3) is 5.42. The molecule has 1 amide bonds. The molecule has 0 atom stereocenters. The van der Waals surface area contributed by atoms with Gasteiger partial charge in [0.1, 0.15) is 0 Å². The van der Waals surface area contributed by atoms with Gasteiger partial charge in [-0.15, -0.1) is 11.3 Å². The Morgan fingerprint density at radius 1 is 1.29 bits per heavy atom. The first-order valence-electron chi connectivity index (χ1n) is 6.75. The minimum atomic E-state index is 0.0224. The fourth-order valence-corrected chi connectivity index (χ4v) is 2.52. The highest BCUT2D eigenvalue weighted by Gasteiger charge is 2.04. The van der Waals surface area contributed by atoms with E-state index in [1.807, 2.05) is 41.8 Å². The van der Waals surface area contributed by atoms with E-state index >= 15 is 0 Å². The van der Waals surface area contributed by atoms with Crippen LogP contribution in [0, 0.1) is 11.8 Å². The minimum Gasteiger partial charge on any atom is -0.395 e. The summed E-state index contributed by atoms with van der Waals surface area (Å²) in [5.41, 5.74) is 1.92. The van der Waals surface area contributed by atoms with Crippen LogP contribution in [-0.2, 0) is 17.8 Å². The Hall–Kier alpha value is -2.09. The maximum Gasteiger partial charge on any atom is 0.225 e. The van der Waals surface area contributed by atoms with E-state index in [1.54, 1.807) is 11.3 Å². The monoisotopic (exact) mass is 299 g/mol. The van der Waals surface area contributed by atoms with E-state index < -0.39 is 0 Å². The predicted octanol–water partition coefficient (Wildman–Crippen LogP) is 2.34. The van der Waals surface area contributed by atoms with Crippen LogP contribution in [0.25, 0.3) is 0 Å². The van der Waals surface area contributed by atoms with Crippen LogP contribution in [0.1, 0.15) is 22.4 Å². The molecular weight excluding hydrogens is 282 g/mol. The molecule has 0 bridgehead atoms. The third-order valence-corrected chi connectivity index (χ3v) is 3.68. The average molecular weight is 299 g/mol. The van der Waals surface area contributed by atoms with Gasteiger partial charge in [0.25, 0.3) is 0 Å². The Morgan fingerprint density at radius 3 is 2.95 bits per heavy atom. The summed E-state index contributed by atoms with van der Waals surface area (Å²) < 4.78 is 0. The van der Waals surface area contributed by atoms with Gasteiger partial charge in [-0.25, -0.2) is 0 Å². The summed E-state index contributed by atoms with van der Waals surface area (Å²) in [5, 5.41) is 13.6. The topological polar surface area (TPSA) is 49.3 Å². The van der Waals surface area contributed by atoms with E-state index in [9.17, 15) is 4.79 Å². The van der Waals surface area contributed by atoms with Gasteiger partial charge in [-0.3, -0.25) is 4.79 Å². The SMILES string of the molecule is O=C(Cc1cccs1)NCc1cccc(C#CCCO)c1. The zero-order valence-corrected chi connectivity index (χ0v) is 12.5. The number of hydrogen-bond acceptors (Lipinski definition) is 3. The first-order valence-corrected chi connectivity index (χ1v) is 7.63. The van der Waals surface area contributed by atoms with Crippen molar-refractivity contribution in [3.63, 3.8) is 0 Å². The zero-order chi connectivity index (χ0) is 14.9. The molecule has 0 aliphatic heterocycles. The Morgan fingerprint density at radius 2 is 2.19 bits per heavy atom. The lowest BCUT2D eigenvalue weighted by Gasteiger charge is -2.05. The number of aliphatic hydroxyl groups excluding tert-OH is 1. The Kier molecular flexibility index (Phi) is 6.01. The van der Waals surface area contributed by atoms with Crippen molar-refractivity contribution in [1.29, 1.82) is 0 Å². The Balaban J connectivity index is 1.87. The number of benzene rings is 1. The molecule has 1 aromatic carbocycles. The van der Waals surface area contributed by atoms with Crippen LogP contribution in [0.15, 0.2) is 41.8 Å². The van der Waals surface area contributed by atoms with Gasteiger partial charge < -0.3 is 10.4 Å². The molecule has 1 aromatic heterocycles. The van der Waals surface area contributed by atoms with Crippen LogP contribution in [0.5, 0.6) is 0 Å². The number of aliphatic hydroxyl groups is 1. The molecule has 3 nitrogen and oxygen atoms in total. The van der Waals surface area contributed by atoms with Crippen molar-refractivity contribution in [1.82, 2.24) is 5.32 Å². The normalized spacial score (nSPS) is 9.76. The molecule has 2 N–H and O–H groups in total. The second-order valence-corrected chi connectivity index (χ2v) is 5.54. The fraction of sp³-hybridized carbons (Fsp3) is 0.235. The van der Waals surface area contributed by atoms with Gasteiger partial charge in [0, 0.05) is 23.4 Å². The van der Waals surface area contributed by atoms with E-state index in [2.05, 4.69) is 17.2 Å². The van der Waals surface area contributed by atoms with E-state index in [0.717, 1.165) is 16.0 Å². The molecule has 0 radical (unpaired) electrons. The molecule has 0 aliphatic carbocycles. The predicted molar refractivity (Wildman–Crippen MR) is 84.9 cm³/mol. The smallest absolute Gasteiger partial charge is 0.225 e. The summed E-state index contributed by atoms with van der Waals surface area (Å²) in [5.74, 6) is 5.90. The summed E-state index contributed by atoms with van der Waals surface area (Å²) >= 11 is 1.59. The van der Waals surface area contributed by atoms with Crippen LogP contribution < -0.4 is 5.32 Å². The molecule has 0 spiro atoms. The van der Waals surface area contributed by atoms with Gasteiger partial charge in [0.2, 0.25) is 5.91 Å². The maximum absolute atomic E-state index is 11.8. The lowest BCUT2D eigenvalue weighted by molar-refractivity contribution is -0.120. The number of rotatable bonds is 5. The summed E-state index contributed by atoms with van der Waals surface area (Å²) in [6.45, 7) is 0.575. The molecule has 1 heterocycles. The highest BCUT2D eigenvalue weighted by molar-refractivity contribution is 7.10. The van der Waals surface area contributed by atoms with Crippen molar-refractivity contribution in [2.24, 2.45) is 0 Å². The molecule has 0 fully saturated rings. The van der Waals surface area contributed by atoms with Gasteiger partial charge in [0.05, 0.1) is 13.0 Å². The van der Waals surface area contributed by atoms with E-state index in [0.29, 0.717) is 19.4 Å². The van der Waals surface area contributed by atoms with Crippen molar-refractivity contribution in [3.8, 4) is 11.8 Å². The molecule has 0 saturated carbocycles. The van der Waals surface area contributed by atoms with Gasteiger partial charge in [-0.05, 0) is 29.1 Å². The molecule has 0 unspecified atom stereocenters. The molecule has 0 aliphatic rings. The van der Waals surface area contributed by atoms with E-state index in [-0.39, 0.29) is 12.5 Å². The standard InChI is InChI=1S/C17H17NO2S/c19-9-2-1-5-14-6-3-7-15(11-14)13-18-17(20)12-16-8-4-10-21-16/h3-4,6-8,10-11,19H,2,9,12-13H2,(H,18,20). The largest absolute Gasteiger partial charge is 0.395 e. The summed E-state index contributed by atoms with van der Waals surface area (Å²) in [7, 11) is 0. The highest BCUT2D eigenvalue weighted by Crippen LogP contribution is 2.09. The van der Waals surface area contributed by atoms with Gasteiger partial charge in [0.15, 0.2) is 0 Å². The molecule has 21 heavy (non-hydrogen) atoms. The first-order chi connectivity index (χ1) is 10.3. The number of hydrogen-bond donors (Lipinski definition) is 2. The highest BCUT2D eigenvalue weighted by atomic mass is 32.1. The second kappa shape index (κ2) is 8.25. The van der Waals surface area contributed by atoms with Gasteiger partial charge >= 0.3 is 0 Å². The number of carbonyl (C=O) groups excluding carboxylic acids is 1. The van der Waals surface area contributed by atoms with Crippen LogP contribution in [-0.4, -0.2) is 17.6 Å². The minimum absolute atomic E-state index is 0.0224. The Labute approximate surface area is 128 Å².